The SMILES string of the molecule is CCN1CCN(C2CCN([C@@H](C)C(=O)Nc3cc(C)no3)CC2)C1=O. The van der Waals surface area contributed by atoms with Gasteiger partial charge in [0.05, 0.1) is 11.7 Å². The first-order valence-electron chi connectivity index (χ1n) is 9.03. The fourth-order valence-electron chi connectivity index (χ4n) is 3.63. The Bertz CT molecular complexity index is 624. The van der Waals surface area contributed by atoms with Crippen LogP contribution in [0.2, 0.25) is 0 Å². The number of urea groups is 1. The topological polar surface area (TPSA) is 81.9 Å². The minimum atomic E-state index is -0.243. The number of aryl methyl sites for hydroxylation is 1. The summed E-state index contributed by atoms with van der Waals surface area (Å²) in [5, 5.41) is 6.54. The predicted octanol–water partition coefficient (Wildman–Crippen LogP) is 1.53. The maximum Gasteiger partial charge on any atom is 0.320 e. The lowest BCUT2D eigenvalue weighted by molar-refractivity contribution is -0.121. The fourth-order valence-corrected chi connectivity index (χ4v) is 3.63. The molecule has 1 N–H and O–H groups in total. The molecular formula is C17H27N5O3. The second kappa shape index (κ2) is 7.43. The van der Waals surface area contributed by atoms with E-state index in [-0.39, 0.29) is 24.0 Å². The van der Waals surface area contributed by atoms with Gasteiger partial charge in [-0.05, 0) is 33.6 Å². The first-order valence-corrected chi connectivity index (χ1v) is 9.03. The van der Waals surface area contributed by atoms with E-state index >= 15 is 0 Å². The van der Waals surface area contributed by atoms with E-state index in [9.17, 15) is 9.59 Å². The van der Waals surface area contributed by atoms with Gasteiger partial charge in [-0.2, -0.15) is 0 Å². The number of carbonyl (C=O) groups excluding carboxylic acids is 2. The molecule has 0 saturated carbocycles. The van der Waals surface area contributed by atoms with Gasteiger partial charge in [-0.15, -0.1) is 0 Å². The molecule has 3 heterocycles. The van der Waals surface area contributed by atoms with Crippen LogP contribution in [0.1, 0.15) is 32.4 Å². The van der Waals surface area contributed by atoms with Crippen LogP contribution < -0.4 is 5.32 Å². The number of nitrogens with zero attached hydrogens (tertiary/aromatic N) is 4. The monoisotopic (exact) mass is 349 g/mol. The Morgan fingerprint density at radius 3 is 2.64 bits per heavy atom. The molecule has 0 bridgehead atoms. The van der Waals surface area contributed by atoms with Crippen molar-refractivity contribution in [1.82, 2.24) is 19.9 Å². The molecule has 0 radical (unpaired) electrons. The van der Waals surface area contributed by atoms with Crippen molar-refractivity contribution >= 4 is 17.8 Å². The summed E-state index contributed by atoms with van der Waals surface area (Å²) in [4.78, 5) is 30.8. The van der Waals surface area contributed by atoms with Gasteiger partial charge in [0.15, 0.2) is 0 Å². The summed E-state index contributed by atoms with van der Waals surface area (Å²) in [6, 6.07) is 1.91. The maximum atomic E-state index is 12.4. The molecule has 8 heteroatoms. The quantitative estimate of drug-likeness (QED) is 0.872. The molecule has 3 amide bonds. The fraction of sp³-hybridized carbons (Fsp3) is 0.706. The molecule has 2 fully saturated rings. The number of aromatic nitrogens is 1. The van der Waals surface area contributed by atoms with E-state index < -0.39 is 0 Å². The minimum Gasteiger partial charge on any atom is -0.338 e. The smallest absolute Gasteiger partial charge is 0.320 e. The lowest BCUT2D eigenvalue weighted by Gasteiger charge is -2.38. The number of piperidine rings is 1. The summed E-state index contributed by atoms with van der Waals surface area (Å²) < 4.78 is 5.04. The second-order valence-corrected chi connectivity index (χ2v) is 6.82. The number of likely N-dealkylation sites (tertiary alicyclic amines) is 1. The lowest BCUT2D eigenvalue weighted by Crippen LogP contribution is -2.51. The van der Waals surface area contributed by atoms with Crippen molar-refractivity contribution in [3.63, 3.8) is 0 Å². The van der Waals surface area contributed by atoms with Gasteiger partial charge in [-0.1, -0.05) is 5.16 Å². The van der Waals surface area contributed by atoms with Crippen molar-refractivity contribution < 1.29 is 14.1 Å². The van der Waals surface area contributed by atoms with Crippen LogP contribution in [0.15, 0.2) is 10.6 Å². The van der Waals surface area contributed by atoms with Crippen molar-refractivity contribution in [3.05, 3.63) is 11.8 Å². The molecular weight excluding hydrogens is 322 g/mol. The normalized spacial score (nSPS) is 21.0. The van der Waals surface area contributed by atoms with Gasteiger partial charge >= 0.3 is 6.03 Å². The number of anilines is 1. The molecule has 1 aromatic rings. The first kappa shape index (κ1) is 17.7. The Hall–Kier alpha value is -2.09. The summed E-state index contributed by atoms with van der Waals surface area (Å²) >= 11 is 0. The molecule has 0 unspecified atom stereocenters. The Balaban J connectivity index is 1.50. The Morgan fingerprint density at radius 1 is 1.36 bits per heavy atom. The average molecular weight is 349 g/mol. The largest absolute Gasteiger partial charge is 0.338 e. The highest BCUT2D eigenvalue weighted by Gasteiger charge is 2.36. The lowest BCUT2D eigenvalue weighted by atomic mass is 10.0. The van der Waals surface area contributed by atoms with E-state index in [1.165, 1.54) is 0 Å². The van der Waals surface area contributed by atoms with E-state index in [4.69, 9.17) is 4.52 Å². The molecule has 3 rings (SSSR count). The number of rotatable bonds is 5. The van der Waals surface area contributed by atoms with Crippen molar-refractivity contribution in [3.8, 4) is 0 Å². The van der Waals surface area contributed by atoms with E-state index in [2.05, 4.69) is 15.4 Å². The van der Waals surface area contributed by atoms with Crippen LogP contribution >= 0.6 is 0 Å². The highest BCUT2D eigenvalue weighted by molar-refractivity contribution is 5.93. The van der Waals surface area contributed by atoms with Crippen LogP contribution in [0.3, 0.4) is 0 Å². The second-order valence-electron chi connectivity index (χ2n) is 6.82. The van der Waals surface area contributed by atoms with Gasteiger partial charge in [0.25, 0.3) is 0 Å². The highest BCUT2D eigenvalue weighted by Crippen LogP contribution is 2.22. The van der Waals surface area contributed by atoms with Crippen LogP contribution in [-0.2, 0) is 4.79 Å². The van der Waals surface area contributed by atoms with Crippen LogP contribution in [0.25, 0.3) is 0 Å². The zero-order valence-corrected chi connectivity index (χ0v) is 15.2. The summed E-state index contributed by atoms with van der Waals surface area (Å²) in [5.74, 6) is 0.288. The van der Waals surface area contributed by atoms with Gasteiger partial charge in [0, 0.05) is 44.8 Å². The van der Waals surface area contributed by atoms with Crippen molar-refractivity contribution in [2.75, 3.05) is 38.0 Å². The average Bonchev–Trinajstić information content (AvgIpc) is 3.19. The van der Waals surface area contributed by atoms with Gasteiger partial charge in [0.1, 0.15) is 0 Å². The van der Waals surface area contributed by atoms with Gasteiger partial charge in [-0.25, -0.2) is 4.79 Å². The van der Waals surface area contributed by atoms with Crippen LogP contribution in [-0.4, -0.2) is 76.6 Å². The standard InChI is InChI=1S/C17H27N5O3/c1-4-20-9-10-22(17(20)24)14-5-7-21(8-6-14)13(3)16(23)18-15-11-12(2)19-25-15/h11,13-14H,4-10H2,1-3H3,(H,18,23)/t13-/m0/s1. The van der Waals surface area contributed by atoms with Crippen molar-refractivity contribution in [2.24, 2.45) is 0 Å². The zero-order chi connectivity index (χ0) is 18.0. The number of hydrogen-bond acceptors (Lipinski definition) is 5. The molecule has 8 nitrogen and oxygen atoms in total. The van der Waals surface area contributed by atoms with E-state index in [1.807, 2.05) is 30.6 Å². The van der Waals surface area contributed by atoms with Crippen LogP contribution in [0, 0.1) is 6.92 Å². The summed E-state index contributed by atoms with van der Waals surface area (Å²) in [5.41, 5.74) is 0.736. The molecule has 0 aliphatic carbocycles. The third-order valence-corrected chi connectivity index (χ3v) is 5.25. The number of nitrogens with one attached hydrogen (secondary N) is 1. The highest BCUT2D eigenvalue weighted by atomic mass is 16.5. The van der Waals surface area contributed by atoms with E-state index in [0.717, 1.165) is 51.3 Å². The molecule has 0 aromatic carbocycles. The molecule has 25 heavy (non-hydrogen) atoms. The molecule has 0 spiro atoms. The van der Waals surface area contributed by atoms with E-state index in [0.29, 0.717) is 5.88 Å². The molecule has 1 atom stereocenters. The van der Waals surface area contributed by atoms with Crippen molar-refractivity contribution in [2.45, 2.75) is 45.7 Å². The van der Waals surface area contributed by atoms with E-state index in [1.54, 1.807) is 6.07 Å². The summed E-state index contributed by atoms with van der Waals surface area (Å²) in [6.45, 7) is 9.76. The molecule has 1 aromatic heterocycles. The van der Waals surface area contributed by atoms with Gasteiger partial charge in [-0.3, -0.25) is 15.0 Å². The predicted molar refractivity (Wildman–Crippen MR) is 93.3 cm³/mol. The molecule has 2 saturated heterocycles. The maximum absolute atomic E-state index is 12.4. The zero-order valence-electron chi connectivity index (χ0n) is 15.2. The Kier molecular flexibility index (Phi) is 5.27. The summed E-state index contributed by atoms with van der Waals surface area (Å²) in [6.07, 6.45) is 1.81. The Labute approximate surface area is 148 Å². The Morgan fingerprint density at radius 2 is 2.08 bits per heavy atom. The molecule has 138 valence electrons. The minimum absolute atomic E-state index is 0.0935. The number of amides is 3. The first-order chi connectivity index (χ1) is 12.0. The summed E-state index contributed by atoms with van der Waals surface area (Å²) in [7, 11) is 0. The third kappa shape index (κ3) is 3.78. The van der Waals surface area contributed by atoms with Gasteiger partial charge in [0.2, 0.25) is 11.8 Å². The van der Waals surface area contributed by atoms with Crippen LogP contribution in [0.4, 0.5) is 10.7 Å². The number of hydrogen-bond donors (Lipinski definition) is 1. The number of likely N-dealkylation sites (N-methyl/N-ethyl adjacent to an activating group) is 1. The third-order valence-electron chi connectivity index (χ3n) is 5.25. The number of carbonyl (C=O) groups is 2. The van der Waals surface area contributed by atoms with Crippen molar-refractivity contribution in [1.29, 1.82) is 0 Å². The van der Waals surface area contributed by atoms with Gasteiger partial charge < -0.3 is 14.3 Å². The molecule has 2 aliphatic rings. The van der Waals surface area contributed by atoms with Crippen LogP contribution in [0.5, 0.6) is 0 Å². The molecule has 2 aliphatic heterocycles.